The summed E-state index contributed by atoms with van der Waals surface area (Å²) in [6, 6.07) is 11.2. The Labute approximate surface area is 134 Å². The van der Waals surface area contributed by atoms with Crippen molar-refractivity contribution in [1.82, 2.24) is 0 Å². The predicted molar refractivity (Wildman–Crippen MR) is 87.2 cm³/mol. The largest absolute Gasteiger partial charge is 0.478 e. The number of rotatable bonds is 1. The molecule has 116 valence electrons. The van der Waals surface area contributed by atoms with Crippen LogP contribution >= 0.6 is 0 Å². The average molecular weight is 307 g/mol. The number of carboxylic acids is 1. The number of anilines is 1. The molecule has 0 fully saturated rings. The summed E-state index contributed by atoms with van der Waals surface area (Å²) in [6.07, 6.45) is 0.818. The molecule has 0 aliphatic carbocycles. The van der Waals surface area contributed by atoms with Crippen molar-refractivity contribution in [1.29, 1.82) is 0 Å². The molecule has 0 spiro atoms. The van der Waals surface area contributed by atoms with Crippen LogP contribution in [0, 0.1) is 6.92 Å². The summed E-state index contributed by atoms with van der Waals surface area (Å²) >= 11 is 0. The van der Waals surface area contributed by atoms with Gasteiger partial charge in [-0.2, -0.15) is 0 Å². The van der Waals surface area contributed by atoms with E-state index in [4.69, 9.17) is 0 Å². The van der Waals surface area contributed by atoms with Gasteiger partial charge in [0, 0.05) is 0 Å². The fourth-order valence-electron chi connectivity index (χ4n) is 4.03. The van der Waals surface area contributed by atoms with Gasteiger partial charge in [0.15, 0.2) is 0 Å². The molecule has 1 N–H and O–H groups in total. The SMILES string of the molecule is Cc1cccc2c1N1C(=O)c3c(C(=O)O)cccc3[C@@H]1C[C@@H]2C. The van der Waals surface area contributed by atoms with Gasteiger partial charge >= 0.3 is 5.97 Å². The molecule has 0 radical (unpaired) electrons. The molecule has 0 bridgehead atoms. The molecule has 1 amide bonds. The number of benzene rings is 2. The van der Waals surface area contributed by atoms with E-state index in [1.165, 1.54) is 11.6 Å². The molecule has 4 rings (SSSR count). The first kappa shape index (κ1) is 14.0. The lowest BCUT2D eigenvalue weighted by atomic mass is 9.84. The van der Waals surface area contributed by atoms with Crippen LogP contribution in [-0.4, -0.2) is 17.0 Å². The third-order valence-electron chi connectivity index (χ3n) is 5.05. The second-order valence-corrected chi connectivity index (χ2v) is 6.42. The van der Waals surface area contributed by atoms with Crippen molar-refractivity contribution < 1.29 is 14.7 Å². The molecular formula is C19H17NO3. The van der Waals surface area contributed by atoms with Gasteiger partial charge in [0.2, 0.25) is 0 Å². The van der Waals surface area contributed by atoms with Crippen LogP contribution in [0.2, 0.25) is 0 Å². The van der Waals surface area contributed by atoms with E-state index in [1.807, 2.05) is 30.0 Å². The lowest BCUT2D eigenvalue weighted by Gasteiger charge is -2.37. The monoisotopic (exact) mass is 307 g/mol. The number of fused-ring (bicyclic) bond motifs is 5. The van der Waals surface area contributed by atoms with Crippen molar-refractivity contribution in [2.75, 3.05) is 4.90 Å². The molecule has 2 aromatic carbocycles. The van der Waals surface area contributed by atoms with E-state index in [9.17, 15) is 14.7 Å². The fourth-order valence-corrected chi connectivity index (χ4v) is 4.03. The van der Waals surface area contributed by atoms with E-state index in [0.717, 1.165) is 23.2 Å². The lowest BCUT2D eigenvalue weighted by Crippen LogP contribution is -2.34. The van der Waals surface area contributed by atoms with Crippen LogP contribution in [0.5, 0.6) is 0 Å². The number of carbonyl (C=O) groups excluding carboxylic acids is 1. The molecule has 2 heterocycles. The van der Waals surface area contributed by atoms with E-state index >= 15 is 0 Å². The van der Waals surface area contributed by atoms with Crippen LogP contribution in [0.15, 0.2) is 36.4 Å². The Morgan fingerprint density at radius 1 is 1.17 bits per heavy atom. The summed E-state index contributed by atoms with van der Waals surface area (Å²) in [5, 5.41) is 9.43. The number of hydrogen-bond donors (Lipinski definition) is 1. The van der Waals surface area contributed by atoms with Gasteiger partial charge in [0.25, 0.3) is 5.91 Å². The van der Waals surface area contributed by atoms with Crippen molar-refractivity contribution in [2.24, 2.45) is 0 Å². The van der Waals surface area contributed by atoms with Crippen LogP contribution in [0.3, 0.4) is 0 Å². The van der Waals surface area contributed by atoms with Crippen molar-refractivity contribution in [3.63, 3.8) is 0 Å². The summed E-state index contributed by atoms with van der Waals surface area (Å²) in [6.45, 7) is 4.17. The average Bonchev–Trinajstić information content (AvgIpc) is 2.81. The molecule has 0 unspecified atom stereocenters. The second-order valence-electron chi connectivity index (χ2n) is 6.42. The van der Waals surface area contributed by atoms with Gasteiger partial charge in [-0.15, -0.1) is 0 Å². The van der Waals surface area contributed by atoms with Crippen molar-refractivity contribution in [2.45, 2.75) is 32.2 Å². The predicted octanol–water partition coefficient (Wildman–Crippen LogP) is 3.90. The zero-order chi connectivity index (χ0) is 16.3. The number of carboxylic acid groups (broad SMARTS) is 1. The lowest BCUT2D eigenvalue weighted by molar-refractivity contribution is 0.0692. The van der Waals surface area contributed by atoms with Crippen LogP contribution < -0.4 is 4.90 Å². The molecule has 2 aromatic rings. The molecule has 2 aliphatic heterocycles. The third kappa shape index (κ3) is 1.78. The van der Waals surface area contributed by atoms with Gasteiger partial charge in [-0.3, -0.25) is 4.79 Å². The summed E-state index contributed by atoms with van der Waals surface area (Å²) in [7, 11) is 0. The van der Waals surface area contributed by atoms with Crippen LogP contribution in [0.4, 0.5) is 5.69 Å². The van der Waals surface area contributed by atoms with Gasteiger partial charge < -0.3 is 10.0 Å². The van der Waals surface area contributed by atoms with Gasteiger partial charge in [-0.05, 0) is 42.0 Å². The van der Waals surface area contributed by atoms with E-state index in [-0.39, 0.29) is 17.5 Å². The zero-order valence-electron chi connectivity index (χ0n) is 13.0. The maximum absolute atomic E-state index is 13.0. The van der Waals surface area contributed by atoms with Gasteiger partial charge in [0.1, 0.15) is 0 Å². The Kier molecular flexibility index (Phi) is 2.85. The number of aromatic carboxylic acids is 1. The summed E-state index contributed by atoms with van der Waals surface area (Å²) in [5.74, 6) is -0.906. The number of amides is 1. The summed E-state index contributed by atoms with van der Waals surface area (Å²) < 4.78 is 0. The molecule has 4 heteroatoms. The molecule has 0 aromatic heterocycles. The normalized spacial score (nSPS) is 21.7. The molecule has 2 atom stereocenters. The first-order chi connectivity index (χ1) is 11.0. The van der Waals surface area contributed by atoms with E-state index in [2.05, 4.69) is 13.0 Å². The number of aryl methyl sites for hydroxylation is 1. The Bertz CT molecular complexity index is 856. The maximum Gasteiger partial charge on any atom is 0.336 e. The van der Waals surface area contributed by atoms with Crippen LogP contribution in [0.1, 0.15) is 62.7 Å². The van der Waals surface area contributed by atoms with Crippen molar-refractivity contribution in [3.8, 4) is 0 Å². The van der Waals surface area contributed by atoms with Gasteiger partial charge in [-0.1, -0.05) is 37.3 Å². The number of carbonyl (C=O) groups is 2. The highest BCUT2D eigenvalue weighted by Gasteiger charge is 2.45. The Hall–Kier alpha value is -2.62. The maximum atomic E-state index is 13.0. The Balaban J connectivity index is 1.98. The minimum atomic E-state index is -1.05. The van der Waals surface area contributed by atoms with E-state index in [0.29, 0.717) is 11.5 Å². The van der Waals surface area contributed by atoms with Gasteiger partial charge in [0.05, 0.1) is 22.9 Å². The quantitative estimate of drug-likeness (QED) is 0.869. The standard InChI is InChI=1S/C19H17NO3/c1-10-5-3-6-12-11(2)9-15-13-7-4-8-14(19(22)23)16(13)18(21)20(15)17(10)12/h3-8,11,15H,9H2,1-2H3,(H,22,23)/t11-,15-/m0/s1. The highest BCUT2D eigenvalue weighted by molar-refractivity contribution is 6.17. The third-order valence-corrected chi connectivity index (χ3v) is 5.05. The minimum absolute atomic E-state index is 0.0691. The van der Waals surface area contributed by atoms with Crippen molar-refractivity contribution >= 4 is 17.6 Å². The molecule has 0 saturated carbocycles. The molecule has 23 heavy (non-hydrogen) atoms. The van der Waals surface area contributed by atoms with E-state index in [1.54, 1.807) is 6.07 Å². The number of hydrogen-bond acceptors (Lipinski definition) is 2. The van der Waals surface area contributed by atoms with Crippen LogP contribution in [0.25, 0.3) is 0 Å². The topological polar surface area (TPSA) is 57.6 Å². The minimum Gasteiger partial charge on any atom is -0.478 e. The highest BCUT2D eigenvalue weighted by atomic mass is 16.4. The number of para-hydroxylation sites is 1. The zero-order valence-corrected chi connectivity index (χ0v) is 13.0. The first-order valence-electron chi connectivity index (χ1n) is 7.80. The molecule has 4 nitrogen and oxygen atoms in total. The molecular weight excluding hydrogens is 290 g/mol. The van der Waals surface area contributed by atoms with Crippen molar-refractivity contribution in [3.05, 3.63) is 64.2 Å². The highest BCUT2D eigenvalue weighted by Crippen LogP contribution is 2.51. The molecule has 2 aliphatic rings. The van der Waals surface area contributed by atoms with Crippen LogP contribution in [-0.2, 0) is 0 Å². The van der Waals surface area contributed by atoms with E-state index < -0.39 is 5.97 Å². The summed E-state index contributed by atoms with van der Waals surface area (Å²) in [5.41, 5.74) is 4.47. The first-order valence-corrected chi connectivity index (χ1v) is 7.80. The second kappa shape index (κ2) is 4.69. The Morgan fingerprint density at radius 3 is 2.61 bits per heavy atom. The summed E-state index contributed by atoms with van der Waals surface area (Å²) in [4.78, 5) is 26.4. The molecule has 0 saturated heterocycles. The Morgan fingerprint density at radius 2 is 1.87 bits per heavy atom. The smallest absolute Gasteiger partial charge is 0.336 e. The fraction of sp³-hybridized carbons (Fsp3) is 0.263. The van der Waals surface area contributed by atoms with Gasteiger partial charge in [-0.25, -0.2) is 4.79 Å². The number of nitrogens with zero attached hydrogens (tertiary/aromatic N) is 1.